The summed E-state index contributed by atoms with van der Waals surface area (Å²) in [4.78, 5) is 4.38. The van der Waals surface area contributed by atoms with Crippen molar-refractivity contribution in [1.29, 1.82) is 0 Å². The Morgan fingerprint density at radius 2 is 2.33 bits per heavy atom. The molecule has 1 saturated carbocycles. The van der Waals surface area contributed by atoms with E-state index in [0.717, 1.165) is 15.9 Å². The van der Waals surface area contributed by atoms with E-state index in [9.17, 15) is 0 Å². The van der Waals surface area contributed by atoms with Gasteiger partial charge in [0.2, 0.25) is 0 Å². The second-order valence-electron chi connectivity index (χ2n) is 4.05. The molecule has 3 unspecified atom stereocenters. The van der Waals surface area contributed by atoms with Gasteiger partial charge >= 0.3 is 0 Å². The second-order valence-corrected chi connectivity index (χ2v) is 6.13. The smallest absolute Gasteiger partial charge is 0.110 e. The highest BCUT2D eigenvalue weighted by atomic mass is 79.9. The lowest BCUT2D eigenvalue weighted by atomic mass is 10.1. The number of halogens is 1. The van der Waals surface area contributed by atoms with Crippen molar-refractivity contribution >= 4 is 27.7 Å². The summed E-state index contributed by atoms with van der Waals surface area (Å²) < 4.78 is 1.09. The normalized spacial score (nSPS) is 30.7. The van der Waals surface area contributed by atoms with Gasteiger partial charge in [-0.3, -0.25) is 0 Å². The molecule has 3 atom stereocenters. The SMILES string of the molecule is CC1C(N)CCC1Sc1ncccc1Br. The summed E-state index contributed by atoms with van der Waals surface area (Å²) in [5, 5.41) is 1.70. The predicted molar refractivity (Wildman–Crippen MR) is 68.0 cm³/mol. The monoisotopic (exact) mass is 286 g/mol. The topological polar surface area (TPSA) is 38.9 Å². The summed E-state index contributed by atoms with van der Waals surface area (Å²) in [7, 11) is 0. The summed E-state index contributed by atoms with van der Waals surface area (Å²) in [6.45, 7) is 2.24. The third kappa shape index (κ3) is 2.55. The number of thioether (sulfide) groups is 1. The average Bonchev–Trinajstić information content (AvgIpc) is 2.53. The molecule has 0 amide bonds. The van der Waals surface area contributed by atoms with Gasteiger partial charge in [-0.15, -0.1) is 11.8 Å². The molecule has 2 rings (SSSR count). The maximum absolute atomic E-state index is 6.01. The summed E-state index contributed by atoms with van der Waals surface area (Å²) >= 11 is 5.38. The number of nitrogens with two attached hydrogens (primary N) is 1. The summed E-state index contributed by atoms with van der Waals surface area (Å²) in [6, 6.07) is 4.34. The molecule has 2 N–H and O–H groups in total. The molecule has 0 saturated heterocycles. The third-order valence-corrected chi connectivity index (χ3v) is 5.45. The molecule has 0 bridgehead atoms. The van der Waals surface area contributed by atoms with Crippen molar-refractivity contribution in [2.45, 2.75) is 36.1 Å². The fraction of sp³-hybridized carbons (Fsp3) is 0.545. The Hall–Kier alpha value is -0.0600. The standard InChI is InChI=1S/C11H15BrN2S/c1-7-9(13)4-5-10(7)15-11-8(12)3-2-6-14-11/h2-3,6-7,9-10H,4-5,13H2,1H3. The van der Waals surface area contributed by atoms with E-state index < -0.39 is 0 Å². The molecule has 1 aliphatic rings. The highest BCUT2D eigenvalue weighted by Gasteiger charge is 2.31. The molecule has 1 heterocycles. The molecule has 4 heteroatoms. The van der Waals surface area contributed by atoms with E-state index >= 15 is 0 Å². The lowest BCUT2D eigenvalue weighted by Crippen LogP contribution is -2.26. The van der Waals surface area contributed by atoms with Crippen molar-refractivity contribution in [3.8, 4) is 0 Å². The van der Waals surface area contributed by atoms with Crippen LogP contribution < -0.4 is 5.73 Å². The van der Waals surface area contributed by atoms with Gasteiger partial charge in [0.15, 0.2) is 0 Å². The van der Waals surface area contributed by atoms with Crippen molar-refractivity contribution in [2.75, 3.05) is 0 Å². The largest absolute Gasteiger partial charge is 0.327 e. The Labute approximate surface area is 103 Å². The van der Waals surface area contributed by atoms with E-state index in [1.807, 2.05) is 30.1 Å². The van der Waals surface area contributed by atoms with Crippen LogP contribution in [0.1, 0.15) is 19.8 Å². The van der Waals surface area contributed by atoms with Crippen LogP contribution in [0.3, 0.4) is 0 Å². The van der Waals surface area contributed by atoms with Crippen molar-refractivity contribution in [3.63, 3.8) is 0 Å². The second kappa shape index (κ2) is 4.85. The average molecular weight is 287 g/mol. The van der Waals surface area contributed by atoms with Crippen molar-refractivity contribution in [3.05, 3.63) is 22.8 Å². The zero-order valence-electron chi connectivity index (χ0n) is 8.69. The molecule has 1 aromatic heterocycles. The maximum Gasteiger partial charge on any atom is 0.110 e. The van der Waals surface area contributed by atoms with Crippen LogP contribution in [0, 0.1) is 5.92 Å². The molecule has 1 aliphatic carbocycles. The van der Waals surface area contributed by atoms with Gasteiger partial charge < -0.3 is 5.73 Å². The minimum Gasteiger partial charge on any atom is -0.327 e. The Bertz CT molecular complexity index is 345. The van der Waals surface area contributed by atoms with E-state index in [1.54, 1.807) is 0 Å². The number of rotatable bonds is 2. The predicted octanol–water partition coefficient (Wildman–Crippen LogP) is 3.06. The van der Waals surface area contributed by atoms with Gasteiger partial charge in [-0.1, -0.05) is 6.92 Å². The van der Waals surface area contributed by atoms with Gasteiger partial charge in [0.1, 0.15) is 5.03 Å². The van der Waals surface area contributed by atoms with E-state index in [0.29, 0.717) is 17.2 Å². The molecule has 1 aromatic rings. The van der Waals surface area contributed by atoms with E-state index in [2.05, 4.69) is 27.8 Å². The van der Waals surface area contributed by atoms with Gasteiger partial charge in [0.25, 0.3) is 0 Å². The van der Waals surface area contributed by atoms with Gasteiger partial charge in [0, 0.05) is 22.0 Å². The summed E-state index contributed by atoms with van der Waals surface area (Å²) in [6.07, 6.45) is 4.19. The van der Waals surface area contributed by atoms with E-state index in [4.69, 9.17) is 5.73 Å². The van der Waals surface area contributed by atoms with Gasteiger partial charge in [-0.05, 0) is 46.8 Å². The number of pyridine rings is 1. The van der Waals surface area contributed by atoms with Crippen molar-refractivity contribution < 1.29 is 0 Å². The zero-order chi connectivity index (χ0) is 10.8. The van der Waals surface area contributed by atoms with Crippen LogP contribution in [0.15, 0.2) is 27.8 Å². The van der Waals surface area contributed by atoms with Crippen LogP contribution >= 0.6 is 27.7 Å². The Balaban J connectivity index is 2.07. The van der Waals surface area contributed by atoms with Gasteiger partial charge in [-0.25, -0.2) is 4.98 Å². The summed E-state index contributed by atoms with van der Waals surface area (Å²) in [5.41, 5.74) is 6.01. The number of hydrogen-bond acceptors (Lipinski definition) is 3. The minimum atomic E-state index is 0.366. The first kappa shape index (κ1) is 11.4. The first-order valence-corrected chi connectivity index (χ1v) is 6.88. The number of nitrogens with zero attached hydrogens (tertiary/aromatic N) is 1. The molecular formula is C11H15BrN2S. The van der Waals surface area contributed by atoms with Crippen LogP contribution in [0.2, 0.25) is 0 Å². The highest BCUT2D eigenvalue weighted by Crippen LogP contribution is 2.39. The summed E-state index contributed by atoms with van der Waals surface area (Å²) in [5.74, 6) is 0.587. The fourth-order valence-corrected chi connectivity index (χ4v) is 3.72. The van der Waals surface area contributed by atoms with Crippen LogP contribution in [-0.4, -0.2) is 16.3 Å². The Kier molecular flexibility index (Phi) is 3.69. The lowest BCUT2D eigenvalue weighted by molar-refractivity contribution is 0.535. The lowest BCUT2D eigenvalue weighted by Gasteiger charge is -2.17. The van der Waals surface area contributed by atoms with Crippen LogP contribution in [-0.2, 0) is 0 Å². The number of aromatic nitrogens is 1. The first-order valence-electron chi connectivity index (χ1n) is 5.21. The molecule has 0 spiro atoms. The first-order chi connectivity index (χ1) is 7.18. The number of hydrogen-bond donors (Lipinski definition) is 1. The molecule has 0 radical (unpaired) electrons. The Morgan fingerprint density at radius 1 is 1.53 bits per heavy atom. The van der Waals surface area contributed by atoms with Crippen LogP contribution in [0.4, 0.5) is 0 Å². The van der Waals surface area contributed by atoms with E-state index in [1.165, 1.54) is 6.42 Å². The molecule has 15 heavy (non-hydrogen) atoms. The van der Waals surface area contributed by atoms with Gasteiger partial charge in [0.05, 0.1) is 0 Å². The molecule has 2 nitrogen and oxygen atoms in total. The molecule has 0 aliphatic heterocycles. The molecule has 1 fully saturated rings. The van der Waals surface area contributed by atoms with Crippen LogP contribution in [0.5, 0.6) is 0 Å². The minimum absolute atomic E-state index is 0.366. The molecule has 0 aromatic carbocycles. The van der Waals surface area contributed by atoms with Crippen molar-refractivity contribution in [1.82, 2.24) is 4.98 Å². The molecular weight excluding hydrogens is 272 g/mol. The van der Waals surface area contributed by atoms with E-state index in [-0.39, 0.29) is 0 Å². The highest BCUT2D eigenvalue weighted by molar-refractivity contribution is 9.10. The zero-order valence-corrected chi connectivity index (χ0v) is 11.1. The van der Waals surface area contributed by atoms with Crippen LogP contribution in [0.25, 0.3) is 0 Å². The quantitative estimate of drug-likeness (QED) is 0.908. The fourth-order valence-electron chi connectivity index (χ4n) is 1.93. The Morgan fingerprint density at radius 3 is 2.93 bits per heavy atom. The third-order valence-electron chi connectivity index (χ3n) is 3.03. The van der Waals surface area contributed by atoms with Gasteiger partial charge in [-0.2, -0.15) is 0 Å². The van der Waals surface area contributed by atoms with Crippen molar-refractivity contribution in [2.24, 2.45) is 11.7 Å². The maximum atomic E-state index is 6.01. The molecule has 82 valence electrons.